The molecule has 152 valence electrons. The number of aryl methyl sites for hydroxylation is 1. The van der Waals surface area contributed by atoms with E-state index in [0.717, 1.165) is 24.3 Å². The summed E-state index contributed by atoms with van der Waals surface area (Å²) in [6.07, 6.45) is 3.19. The van der Waals surface area contributed by atoms with Crippen molar-refractivity contribution in [3.05, 3.63) is 77.6 Å². The molecule has 0 unspecified atom stereocenters. The van der Waals surface area contributed by atoms with E-state index in [4.69, 9.17) is 0 Å². The van der Waals surface area contributed by atoms with Crippen molar-refractivity contribution in [1.29, 1.82) is 0 Å². The van der Waals surface area contributed by atoms with Gasteiger partial charge in [0.25, 0.3) is 5.91 Å². The summed E-state index contributed by atoms with van der Waals surface area (Å²) in [6.45, 7) is 1.77. The highest BCUT2D eigenvalue weighted by molar-refractivity contribution is 7.91. The van der Waals surface area contributed by atoms with Crippen LogP contribution in [0.2, 0.25) is 0 Å². The molecule has 0 aliphatic carbocycles. The zero-order valence-corrected chi connectivity index (χ0v) is 16.0. The van der Waals surface area contributed by atoms with E-state index in [1.807, 2.05) is 0 Å². The fourth-order valence-electron chi connectivity index (χ4n) is 2.67. The molecule has 1 aromatic heterocycles. The van der Waals surface area contributed by atoms with Crippen molar-refractivity contribution < 1.29 is 26.4 Å². The molecule has 1 heterocycles. The Kier molecular flexibility index (Phi) is 5.73. The summed E-state index contributed by atoms with van der Waals surface area (Å²) >= 11 is 0. The van der Waals surface area contributed by atoms with Gasteiger partial charge in [0.15, 0.2) is 0 Å². The number of benzene rings is 2. The first-order valence-electron chi connectivity index (χ1n) is 8.39. The molecule has 2 aromatic carbocycles. The number of amides is 1. The lowest BCUT2D eigenvalue weighted by atomic mass is 10.1. The summed E-state index contributed by atoms with van der Waals surface area (Å²) in [7, 11) is -4.72. The lowest BCUT2D eigenvalue weighted by Crippen LogP contribution is -2.23. The molecule has 10 heteroatoms. The highest BCUT2D eigenvalue weighted by Crippen LogP contribution is 2.19. The van der Waals surface area contributed by atoms with E-state index < -0.39 is 32.2 Å². The van der Waals surface area contributed by atoms with Gasteiger partial charge in [-0.25, -0.2) is 17.8 Å². The van der Waals surface area contributed by atoms with Crippen LogP contribution in [0, 0.1) is 12.7 Å². The average molecular weight is 423 g/mol. The molecule has 1 amide bonds. The molecule has 0 spiro atoms. The van der Waals surface area contributed by atoms with Crippen molar-refractivity contribution in [2.24, 2.45) is 0 Å². The summed E-state index contributed by atoms with van der Waals surface area (Å²) in [4.78, 5) is 15.6. The highest BCUT2D eigenvalue weighted by Gasteiger charge is 2.26. The number of alkyl halides is 2. The van der Waals surface area contributed by atoms with Gasteiger partial charge in [0.2, 0.25) is 9.84 Å². The number of rotatable bonds is 6. The first-order valence-corrected chi connectivity index (χ1v) is 9.94. The highest BCUT2D eigenvalue weighted by atomic mass is 32.2. The Labute approximate surface area is 164 Å². The molecule has 6 nitrogen and oxygen atoms in total. The largest absolute Gasteiger partial charge is 0.348 e. The fraction of sp³-hybridized carbons (Fsp3) is 0.158. The van der Waals surface area contributed by atoms with Gasteiger partial charge in [-0.3, -0.25) is 4.79 Å². The number of aromatic nitrogens is 2. The molecule has 0 aliphatic heterocycles. The minimum absolute atomic E-state index is 0.0238. The van der Waals surface area contributed by atoms with Gasteiger partial charge in [-0.2, -0.15) is 8.78 Å². The van der Waals surface area contributed by atoms with Crippen molar-refractivity contribution >= 4 is 15.7 Å². The van der Waals surface area contributed by atoms with Crippen molar-refractivity contribution in [1.82, 2.24) is 14.9 Å². The van der Waals surface area contributed by atoms with Gasteiger partial charge >= 0.3 is 5.76 Å². The molecule has 3 rings (SSSR count). The lowest BCUT2D eigenvalue weighted by molar-refractivity contribution is 0.0950. The Morgan fingerprint density at radius 2 is 1.86 bits per heavy atom. The molecule has 0 bridgehead atoms. The van der Waals surface area contributed by atoms with Crippen LogP contribution in [0.25, 0.3) is 5.69 Å². The third-order valence-corrected chi connectivity index (χ3v) is 5.63. The number of carbonyl (C=O) groups excluding carboxylic acids is 1. The predicted octanol–water partition coefficient (Wildman–Crippen LogP) is 3.25. The summed E-state index contributed by atoms with van der Waals surface area (Å²) in [5.41, 5.74) is 0.921. The summed E-state index contributed by atoms with van der Waals surface area (Å²) in [5, 5.41) is 2.57. The van der Waals surface area contributed by atoms with Gasteiger partial charge in [0, 0.05) is 24.5 Å². The Morgan fingerprint density at radius 3 is 2.41 bits per heavy atom. The normalized spacial score (nSPS) is 11.6. The molecule has 0 radical (unpaired) electrons. The molecule has 0 atom stereocenters. The number of halogens is 3. The summed E-state index contributed by atoms with van der Waals surface area (Å²) in [6, 6.07) is 8.65. The van der Waals surface area contributed by atoms with Crippen molar-refractivity contribution in [2.75, 3.05) is 0 Å². The van der Waals surface area contributed by atoms with Crippen molar-refractivity contribution in [3.8, 4) is 5.69 Å². The number of nitrogens with one attached hydrogen (secondary N) is 1. The zero-order chi connectivity index (χ0) is 21.2. The minimum atomic E-state index is -4.72. The maximum Gasteiger partial charge on any atom is 0.341 e. The molecule has 0 saturated carbocycles. The standard InChI is InChI=1S/C19H16F3N3O3S/c1-12-23-8-9-25(12)17-7-2-13(10-16(17)20)11-24-18(26)14-3-5-15(6-4-14)29(27,28)19(21)22/h2-10,19H,11H2,1H3,(H,24,26). The van der Waals surface area contributed by atoms with E-state index in [-0.39, 0.29) is 12.1 Å². The lowest BCUT2D eigenvalue weighted by Gasteiger charge is -2.10. The second-order valence-electron chi connectivity index (χ2n) is 6.14. The van der Waals surface area contributed by atoms with E-state index in [1.54, 1.807) is 36.0 Å². The number of sulfone groups is 1. The SMILES string of the molecule is Cc1nccn1-c1ccc(CNC(=O)c2ccc(S(=O)(=O)C(F)F)cc2)cc1F. The van der Waals surface area contributed by atoms with Gasteiger partial charge in [0.1, 0.15) is 11.6 Å². The Balaban J connectivity index is 1.68. The maximum atomic E-state index is 14.4. The Morgan fingerprint density at radius 1 is 1.17 bits per heavy atom. The van der Waals surface area contributed by atoms with Crippen LogP contribution < -0.4 is 5.32 Å². The summed E-state index contributed by atoms with van der Waals surface area (Å²) in [5.74, 6) is -3.95. The molecular weight excluding hydrogens is 407 g/mol. The van der Waals surface area contributed by atoms with Gasteiger partial charge in [0.05, 0.1) is 10.6 Å². The van der Waals surface area contributed by atoms with E-state index >= 15 is 0 Å². The number of nitrogens with zero attached hydrogens (tertiary/aromatic N) is 2. The Bertz CT molecular complexity index is 1140. The van der Waals surface area contributed by atoms with Crippen LogP contribution in [-0.2, 0) is 16.4 Å². The van der Waals surface area contributed by atoms with E-state index in [9.17, 15) is 26.4 Å². The average Bonchev–Trinajstić information content (AvgIpc) is 3.11. The van der Waals surface area contributed by atoms with Gasteiger partial charge < -0.3 is 9.88 Å². The molecule has 1 N–H and O–H groups in total. The molecule has 3 aromatic rings. The van der Waals surface area contributed by atoms with Crippen LogP contribution in [-0.4, -0.2) is 29.6 Å². The van der Waals surface area contributed by atoms with Crippen molar-refractivity contribution in [2.45, 2.75) is 24.1 Å². The topological polar surface area (TPSA) is 81.1 Å². The predicted molar refractivity (Wildman–Crippen MR) is 99.1 cm³/mol. The van der Waals surface area contributed by atoms with Crippen LogP contribution in [0.1, 0.15) is 21.7 Å². The second kappa shape index (κ2) is 8.08. The minimum Gasteiger partial charge on any atom is -0.348 e. The smallest absolute Gasteiger partial charge is 0.341 e. The van der Waals surface area contributed by atoms with Crippen LogP contribution in [0.3, 0.4) is 0 Å². The number of hydrogen-bond donors (Lipinski definition) is 1. The van der Waals surface area contributed by atoms with Gasteiger partial charge in [-0.1, -0.05) is 6.07 Å². The molecule has 0 fully saturated rings. The quantitative estimate of drug-likeness (QED) is 0.660. The summed E-state index contributed by atoms with van der Waals surface area (Å²) < 4.78 is 63.8. The van der Waals surface area contributed by atoms with Crippen LogP contribution in [0.15, 0.2) is 59.8 Å². The van der Waals surface area contributed by atoms with Crippen LogP contribution >= 0.6 is 0 Å². The van der Waals surface area contributed by atoms with E-state index in [2.05, 4.69) is 10.3 Å². The van der Waals surface area contributed by atoms with Gasteiger partial charge in [-0.15, -0.1) is 0 Å². The molecule has 0 saturated heterocycles. The maximum absolute atomic E-state index is 14.4. The number of imidazole rings is 1. The van der Waals surface area contributed by atoms with Crippen LogP contribution in [0.4, 0.5) is 13.2 Å². The molecule has 29 heavy (non-hydrogen) atoms. The first-order chi connectivity index (χ1) is 13.7. The Hall–Kier alpha value is -3.14. The third kappa shape index (κ3) is 4.32. The second-order valence-corrected chi connectivity index (χ2v) is 8.06. The zero-order valence-electron chi connectivity index (χ0n) is 15.1. The van der Waals surface area contributed by atoms with Crippen LogP contribution in [0.5, 0.6) is 0 Å². The van der Waals surface area contributed by atoms with E-state index in [0.29, 0.717) is 17.1 Å². The van der Waals surface area contributed by atoms with Gasteiger partial charge in [-0.05, 0) is 48.9 Å². The first kappa shape index (κ1) is 20.6. The van der Waals surface area contributed by atoms with E-state index in [1.165, 1.54) is 6.07 Å². The number of hydrogen-bond acceptors (Lipinski definition) is 4. The molecule has 0 aliphatic rings. The fourth-order valence-corrected chi connectivity index (χ4v) is 3.39. The molecular formula is C19H16F3N3O3S. The van der Waals surface area contributed by atoms with Crippen molar-refractivity contribution in [3.63, 3.8) is 0 Å². The number of carbonyl (C=O) groups is 1. The third-order valence-electron chi connectivity index (χ3n) is 4.23. The monoisotopic (exact) mass is 423 g/mol.